The predicted molar refractivity (Wildman–Crippen MR) is 84.0 cm³/mol. The van der Waals surface area contributed by atoms with Crippen LogP contribution in [0.15, 0.2) is 24.3 Å². The van der Waals surface area contributed by atoms with Crippen molar-refractivity contribution in [3.63, 3.8) is 0 Å². The lowest BCUT2D eigenvalue weighted by Gasteiger charge is -2.31. The average molecular weight is 260 g/mol. The van der Waals surface area contributed by atoms with Crippen LogP contribution in [0, 0.1) is 5.41 Å². The first-order valence-corrected chi connectivity index (χ1v) is 7.46. The van der Waals surface area contributed by atoms with Gasteiger partial charge in [0, 0.05) is 31.4 Å². The Morgan fingerprint density at radius 3 is 2.42 bits per heavy atom. The second-order valence-electron chi connectivity index (χ2n) is 7.07. The summed E-state index contributed by atoms with van der Waals surface area (Å²) < 4.78 is 0. The van der Waals surface area contributed by atoms with Crippen LogP contribution in [0.2, 0.25) is 0 Å². The van der Waals surface area contributed by atoms with Crippen LogP contribution in [0.25, 0.3) is 0 Å². The number of hydrogen-bond donors (Lipinski definition) is 1. The fourth-order valence-electron chi connectivity index (χ4n) is 2.75. The molecule has 0 radical (unpaired) electrons. The van der Waals surface area contributed by atoms with Gasteiger partial charge in [0.05, 0.1) is 0 Å². The predicted octanol–water partition coefficient (Wildman–Crippen LogP) is 3.63. The molecule has 1 aliphatic heterocycles. The highest BCUT2D eigenvalue weighted by Crippen LogP contribution is 2.26. The first kappa shape index (κ1) is 14.4. The minimum atomic E-state index is 0.321. The molecule has 0 bridgehead atoms. The van der Waals surface area contributed by atoms with E-state index in [1.165, 1.54) is 11.3 Å². The summed E-state index contributed by atoms with van der Waals surface area (Å²) in [5.74, 6) is 0.607. The molecule has 0 aromatic heterocycles. The first-order valence-electron chi connectivity index (χ1n) is 7.46. The van der Waals surface area contributed by atoms with Gasteiger partial charge in [-0.05, 0) is 36.0 Å². The molecule has 1 aliphatic rings. The topological polar surface area (TPSA) is 15.3 Å². The Balaban J connectivity index is 2.18. The fraction of sp³-hybridized carbons (Fsp3) is 0.647. The number of benzene rings is 1. The summed E-state index contributed by atoms with van der Waals surface area (Å²) in [5, 5.41) is 3.62. The lowest BCUT2D eigenvalue weighted by Crippen LogP contribution is -2.35. The Labute approximate surface area is 118 Å². The van der Waals surface area contributed by atoms with Gasteiger partial charge in [0.1, 0.15) is 0 Å². The molecule has 0 spiro atoms. The SMILES string of the molecule is CC1CN(c2ccc(C(C)C)cc2)CC(C)(C)CN1. The van der Waals surface area contributed by atoms with Crippen molar-refractivity contribution in [2.45, 2.75) is 46.6 Å². The standard InChI is InChI=1S/C17H28N2/c1-13(2)15-6-8-16(9-7-15)19-10-14(3)18-11-17(4,5)12-19/h6-9,13-14,18H,10-12H2,1-5H3. The molecule has 0 aliphatic carbocycles. The number of rotatable bonds is 2. The van der Waals surface area contributed by atoms with E-state index in [1.54, 1.807) is 0 Å². The molecule has 1 saturated heterocycles. The molecule has 0 saturated carbocycles. The molecular weight excluding hydrogens is 232 g/mol. The van der Waals surface area contributed by atoms with Crippen LogP contribution in [0.1, 0.15) is 46.1 Å². The molecule has 1 N–H and O–H groups in total. The van der Waals surface area contributed by atoms with E-state index in [1.807, 2.05) is 0 Å². The van der Waals surface area contributed by atoms with E-state index in [-0.39, 0.29) is 0 Å². The molecule has 1 heterocycles. The van der Waals surface area contributed by atoms with Crippen LogP contribution in [0.5, 0.6) is 0 Å². The van der Waals surface area contributed by atoms with E-state index >= 15 is 0 Å². The number of anilines is 1. The quantitative estimate of drug-likeness (QED) is 0.873. The zero-order valence-corrected chi connectivity index (χ0v) is 13.0. The Bertz CT molecular complexity index is 406. The van der Waals surface area contributed by atoms with Crippen molar-refractivity contribution in [1.29, 1.82) is 0 Å². The third kappa shape index (κ3) is 3.73. The van der Waals surface area contributed by atoms with Crippen molar-refractivity contribution < 1.29 is 0 Å². The van der Waals surface area contributed by atoms with Gasteiger partial charge in [0.25, 0.3) is 0 Å². The summed E-state index contributed by atoms with van der Waals surface area (Å²) in [4.78, 5) is 2.52. The van der Waals surface area contributed by atoms with Crippen molar-refractivity contribution in [2.75, 3.05) is 24.5 Å². The Morgan fingerprint density at radius 1 is 1.21 bits per heavy atom. The highest BCUT2D eigenvalue weighted by molar-refractivity contribution is 5.48. The summed E-state index contributed by atoms with van der Waals surface area (Å²) in [5.41, 5.74) is 3.10. The van der Waals surface area contributed by atoms with Gasteiger partial charge < -0.3 is 10.2 Å². The lowest BCUT2D eigenvalue weighted by molar-refractivity contribution is 0.362. The van der Waals surface area contributed by atoms with Crippen LogP contribution in [-0.2, 0) is 0 Å². The summed E-state index contributed by atoms with van der Waals surface area (Å²) in [6.07, 6.45) is 0. The Hall–Kier alpha value is -1.02. The monoisotopic (exact) mass is 260 g/mol. The van der Waals surface area contributed by atoms with Crippen LogP contribution in [0.4, 0.5) is 5.69 Å². The van der Waals surface area contributed by atoms with E-state index in [2.05, 4.69) is 69.1 Å². The van der Waals surface area contributed by atoms with Crippen molar-refractivity contribution in [3.8, 4) is 0 Å². The molecular formula is C17H28N2. The van der Waals surface area contributed by atoms with Crippen molar-refractivity contribution >= 4 is 5.69 Å². The summed E-state index contributed by atoms with van der Waals surface area (Å²) in [6.45, 7) is 14.7. The van der Waals surface area contributed by atoms with Crippen LogP contribution in [-0.4, -0.2) is 25.7 Å². The molecule has 19 heavy (non-hydrogen) atoms. The van der Waals surface area contributed by atoms with Crippen molar-refractivity contribution in [3.05, 3.63) is 29.8 Å². The van der Waals surface area contributed by atoms with Gasteiger partial charge in [-0.3, -0.25) is 0 Å². The maximum Gasteiger partial charge on any atom is 0.0367 e. The smallest absolute Gasteiger partial charge is 0.0367 e. The molecule has 0 amide bonds. The van der Waals surface area contributed by atoms with E-state index in [0.717, 1.165) is 19.6 Å². The van der Waals surface area contributed by atoms with E-state index < -0.39 is 0 Å². The summed E-state index contributed by atoms with van der Waals surface area (Å²) in [7, 11) is 0. The lowest BCUT2D eigenvalue weighted by atomic mass is 9.93. The van der Waals surface area contributed by atoms with Crippen LogP contribution >= 0.6 is 0 Å². The van der Waals surface area contributed by atoms with E-state index in [4.69, 9.17) is 0 Å². The highest BCUT2D eigenvalue weighted by Gasteiger charge is 2.27. The average Bonchev–Trinajstić information content (AvgIpc) is 2.48. The van der Waals surface area contributed by atoms with Crippen molar-refractivity contribution in [1.82, 2.24) is 5.32 Å². The number of nitrogens with zero attached hydrogens (tertiary/aromatic N) is 1. The van der Waals surface area contributed by atoms with E-state index in [0.29, 0.717) is 17.4 Å². The fourth-order valence-corrected chi connectivity index (χ4v) is 2.75. The molecule has 1 aromatic carbocycles. The van der Waals surface area contributed by atoms with E-state index in [9.17, 15) is 0 Å². The third-order valence-corrected chi connectivity index (χ3v) is 3.97. The molecule has 2 heteroatoms. The Morgan fingerprint density at radius 2 is 1.84 bits per heavy atom. The van der Waals surface area contributed by atoms with Gasteiger partial charge in [-0.1, -0.05) is 39.8 Å². The molecule has 2 rings (SSSR count). The maximum atomic E-state index is 3.62. The second kappa shape index (κ2) is 5.54. The molecule has 1 atom stereocenters. The van der Waals surface area contributed by atoms with Gasteiger partial charge in [0.2, 0.25) is 0 Å². The molecule has 1 unspecified atom stereocenters. The summed E-state index contributed by atoms with van der Waals surface area (Å²) >= 11 is 0. The second-order valence-corrected chi connectivity index (χ2v) is 7.07. The van der Waals surface area contributed by atoms with Gasteiger partial charge in [-0.15, -0.1) is 0 Å². The number of hydrogen-bond acceptors (Lipinski definition) is 2. The minimum Gasteiger partial charge on any atom is -0.369 e. The third-order valence-electron chi connectivity index (χ3n) is 3.97. The number of nitrogens with one attached hydrogen (secondary N) is 1. The van der Waals surface area contributed by atoms with Crippen LogP contribution < -0.4 is 10.2 Å². The van der Waals surface area contributed by atoms with Crippen molar-refractivity contribution in [2.24, 2.45) is 5.41 Å². The zero-order valence-electron chi connectivity index (χ0n) is 13.0. The van der Waals surface area contributed by atoms with Gasteiger partial charge in [-0.2, -0.15) is 0 Å². The minimum absolute atomic E-state index is 0.321. The largest absolute Gasteiger partial charge is 0.369 e. The van der Waals surface area contributed by atoms with Gasteiger partial charge >= 0.3 is 0 Å². The molecule has 1 aromatic rings. The first-order chi connectivity index (χ1) is 8.87. The zero-order chi connectivity index (χ0) is 14.0. The van der Waals surface area contributed by atoms with Gasteiger partial charge in [0.15, 0.2) is 0 Å². The van der Waals surface area contributed by atoms with Crippen LogP contribution in [0.3, 0.4) is 0 Å². The normalized spacial score (nSPS) is 23.5. The summed E-state index contributed by atoms with van der Waals surface area (Å²) in [6, 6.07) is 9.66. The molecule has 2 nitrogen and oxygen atoms in total. The highest BCUT2D eigenvalue weighted by atomic mass is 15.2. The maximum absolute atomic E-state index is 3.62. The molecule has 1 fully saturated rings. The van der Waals surface area contributed by atoms with Gasteiger partial charge in [-0.25, -0.2) is 0 Å². The molecule has 106 valence electrons. The Kier molecular flexibility index (Phi) is 4.19.